The molecule has 0 saturated heterocycles. The van der Waals surface area contributed by atoms with Crippen LogP contribution in [0.25, 0.3) is 10.1 Å². The van der Waals surface area contributed by atoms with Gasteiger partial charge in [0.15, 0.2) is 0 Å². The van der Waals surface area contributed by atoms with Crippen molar-refractivity contribution in [3.05, 3.63) is 34.7 Å². The van der Waals surface area contributed by atoms with E-state index in [2.05, 4.69) is 0 Å². The van der Waals surface area contributed by atoms with Gasteiger partial charge in [-0.25, -0.2) is 4.79 Å². The minimum Gasteiger partial charge on any atom is -0.478 e. The SMILES string of the molecule is NCc1ccc2c(C(=O)O)csc2c1. The highest BCUT2D eigenvalue weighted by molar-refractivity contribution is 7.17. The molecule has 0 aliphatic heterocycles. The van der Waals surface area contributed by atoms with Crippen molar-refractivity contribution in [1.82, 2.24) is 0 Å². The maximum absolute atomic E-state index is 10.8. The van der Waals surface area contributed by atoms with Gasteiger partial charge in [-0.3, -0.25) is 0 Å². The fraction of sp³-hybridized carbons (Fsp3) is 0.100. The monoisotopic (exact) mass is 207 g/mol. The minimum atomic E-state index is -0.878. The molecule has 0 fully saturated rings. The molecule has 0 unspecified atom stereocenters. The van der Waals surface area contributed by atoms with Crippen LogP contribution in [0.15, 0.2) is 23.6 Å². The Morgan fingerprint density at radius 1 is 1.50 bits per heavy atom. The highest BCUT2D eigenvalue weighted by atomic mass is 32.1. The molecule has 0 bridgehead atoms. The Morgan fingerprint density at radius 2 is 2.29 bits per heavy atom. The largest absolute Gasteiger partial charge is 0.478 e. The zero-order valence-electron chi connectivity index (χ0n) is 7.36. The minimum absolute atomic E-state index is 0.369. The smallest absolute Gasteiger partial charge is 0.337 e. The average Bonchev–Trinajstić information content (AvgIpc) is 2.59. The molecule has 14 heavy (non-hydrogen) atoms. The molecule has 3 N–H and O–H groups in total. The van der Waals surface area contributed by atoms with Crippen LogP contribution >= 0.6 is 11.3 Å². The quantitative estimate of drug-likeness (QED) is 0.792. The van der Waals surface area contributed by atoms with Crippen molar-refractivity contribution in [2.24, 2.45) is 5.73 Å². The van der Waals surface area contributed by atoms with Crippen molar-refractivity contribution in [2.75, 3.05) is 0 Å². The highest BCUT2D eigenvalue weighted by Gasteiger charge is 2.10. The zero-order valence-corrected chi connectivity index (χ0v) is 8.17. The van der Waals surface area contributed by atoms with Gasteiger partial charge in [-0.1, -0.05) is 12.1 Å². The number of carboxylic acids is 1. The van der Waals surface area contributed by atoms with Crippen LogP contribution in [0.2, 0.25) is 0 Å². The average molecular weight is 207 g/mol. The number of carbonyl (C=O) groups is 1. The van der Waals surface area contributed by atoms with E-state index in [1.54, 1.807) is 5.38 Å². The van der Waals surface area contributed by atoms with Crippen molar-refractivity contribution in [2.45, 2.75) is 6.54 Å². The van der Waals surface area contributed by atoms with Crippen molar-refractivity contribution >= 4 is 27.4 Å². The van der Waals surface area contributed by atoms with Crippen LogP contribution in [0.1, 0.15) is 15.9 Å². The van der Waals surface area contributed by atoms with E-state index in [0.717, 1.165) is 15.6 Å². The summed E-state index contributed by atoms with van der Waals surface area (Å²) in [6.45, 7) is 0.482. The number of thiophene rings is 1. The van der Waals surface area contributed by atoms with Crippen LogP contribution in [0, 0.1) is 0 Å². The van der Waals surface area contributed by atoms with Crippen LogP contribution in [-0.4, -0.2) is 11.1 Å². The molecule has 1 aromatic carbocycles. The molecule has 0 aliphatic carbocycles. The number of fused-ring (bicyclic) bond motifs is 1. The fourth-order valence-electron chi connectivity index (χ4n) is 1.37. The summed E-state index contributed by atoms with van der Waals surface area (Å²) in [6, 6.07) is 5.62. The predicted molar refractivity (Wildman–Crippen MR) is 56.7 cm³/mol. The van der Waals surface area contributed by atoms with Crippen molar-refractivity contribution < 1.29 is 9.90 Å². The van der Waals surface area contributed by atoms with Gasteiger partial charge in [-0.05, 0) is 11.6 Å². The lowest BCUT2D eigenvalue weighted by Gasteiger charge is -1.96. The van der Waals surface area contributed by atoms with Crippen LogP contribution in [0.3, 0.4) is 0 Å². The van der Waals surface area contributed by atoms with E-state index >= 15 is 0 Å². The lowest BCUT2D eigenvalue weighted by Crippen LogP contribution is -1.96. The first-order chi connectivity index (χ1) is 6.72. The van der Waals surface area contributed by atoms with Gasteiger partial charge in [0.2, 0.25) is 0 Å². The number of hydrogen-bond donors (Lipinski definition) is 2. The molecule has 0 radical (unpaired) electrons. The van der Waals surface area contributed by atoms with Crippen molar-refractivity contribution in [3.8, 4) is 0 Å². The van der Waals surface area contributed by atoms with Crippen LogP contribution < -0.4 is 5.73 Å². The topological polar surface area (TPSA) is 63.3 Å². The van der Waals surface area contributed by atoms with Gasteiger partial charge in [0.05, 0.1) is 5.56 Å². The first-order valence-electron chi connectivity index (χ1n) is 4.16. The highest BCUT2D eigenvalue weighted by Crippen LogP contribution is 2.26. The van der Waals surface area contributed by atoms with Gasteiger partial charge in [0.25, 0.3) is 0 Å². The van der Waals surface area contributed by atoms with E-state index in [0.29, 0.717) is 12.1 Å². The molecule has 3 nitrogen and oxygen atoms in total. The lowest BCUT2D eigenvalue weighted by molar-refractivity contribution is 0.0699. The summed E-state index contributed by atoms with van der Waals surface area (Å²) < 4.78 is 0.977. The number of aromatic carboxylic acids is 1. The van der Waals surface area contributed by atoms with Crippen molar-refractivity contribution in [1.29, 1.82) is 0 Å². The Balaban J connectivity index is 2.65. The predicted octanol–water partition coefficient (Wildman–Crippen LogP) is 2.06. The van der Waals surface area contributed by atoms with Gasteiger partial charge >= 0.3 is 5.97 Å². The third-order valence-electron chi connectivity index (χ3n) is 2.11. The Morgan fingerprint density at radius 3 is 2.93 bits per heavy atom. The lowest BCUT2D eigenvalue weighted by atomic mass is 10.1. The van der Waals surface area contributed by atoms with E-state index in [-0.39, 0.29) is 0 Å². The standard InChI is InChI=1S/C10H9NO2S/c11-4-6-1-2-7-8(10(12)13)5-14-9(7)3-6/h1-3,5H,4,11H2,(H,12,13). The molecule has 72 valence electrons. The van der Waals surface area contributed by atoms with E-state index in [4.69, 9.17) is 10.8 Å². The van der Waals surface area contributed by atoms with Gasteiger partial charge in [0.1, 0.15) is 0 Å². The number of benzene rings is 1. The first-order valence-corrected chi connectivity index (χ1v) is 5.04. The molecular weight excluding hydrogens is 198 g/mol. The molecule has 0 atom stereocenters. The van der Waals surface area contributed by atoms with Crippen LogP contribution in [0.4, 0.5) is 0 Å². The fourth-order valence-corrected chi connectivity index (χ4v) is 2.36. The first kappa shape index (κ1) is 9.18. The Labute approximate surface area is 84.8 Å². The number of nitrogens with two attached hydrogens (primary N) is 1. The van der Waals surface area contributed by atoms with Crippen molar-refractivity contribution in [3.63, 3.8) is 0 Å². The van der Waals surface area contributed by atoms with E-state index in [1.807, 2.05) is 18.2 Å². The molecule has 2 rings (SSSR count). The summed E-state index contributed by atoms with van der Waals surface area (Å²) in [7, 11) is 0. The molecule has 1 heterocycles. The Kier molecular flexibility index (Phi) is 2.23. The maximum atomic E-state index is 10.8. The summed E-state index contributed by atoms with van der Waals surface area (Å²) in [5.74, 6) is -0.878. The van der Waals surface area contributed by atoms with Crippen LogP contribution in [0.5, 0.6) is 0 Å². The van der Waals surface area contributed by atoms with Gasteiger partial charge in [-0.2, -0.15) is 0 Å². The molecule has 0 aliphatic rings. The summed E-state index contributed by atoms with van der Waals surface area (Å²) >= 11 is 1.44. The van der Waals surface area contributed by atoms with Gasteiger partial charge < -0.3 is 10.8 Å². The number of carboxylic acid groups (broad SMARTS) is 1. The molecule has 0 amide bonds. The number of rotatable bonds is 2. The number of hydrogen-bond acceptors (Lipinski definition) is 3. The molecule has 0 spiro atoms. The Hall–Kier alpha value is -1.39. The summed E-state index contributed by atoms with van der Waals surface area (Å²) in [4.78, 5) is 10.8. The molecular formula is C10H9NO2S. The summed E-state index contributed by atoms with van der Waals surface area (Å²) in [5, 5.41) is 11.3. The zero-order chi connectivity index (χ0) is 10.1. The van der Waals surface area contributed by atoms with E-state index in [9.17, 15) is 4.79 Å². The summed E-state index contributed by atoms with van der Waals surface area (Å²) in [6.07, 6.45) is 0. The maximum Gasteiger partial charge on any atom is 0.337 e. The van der Waals surface area contributed by atoms with Crippen LogP contribution in [-0.2, 0) is 6.54 Å². The third-order valence-corrected chi connectivity index (χ3v) is 3.05. The second-order valence-corrected chi connectivity index (χ2v) is 3.90. The molecule has 1 aromatic heterocycles. The van der Waals surface area contributed by atoms with Gasteiger partial charge in [-0.15, -0.1) is 11.3 Å². The van der Waals surface area contributed by atoms with Gasteiger partial charge in [0, 0.05) is 22.0 Å². The summed E-state index contributed by atoms with van der Waals surface area (Å²) in [5.41, 5.74) is 6.89. The Bertz CT molecular complexity index is 490. The second-order valence-electron chi connectivity index (χ2n) is 2.99. The molecule has 0 saturated carbocycles. The second kappa shape index (κ2) is 3.40. The normalized spacial score (nSPS) is 10.6. The molecule has 4 heteroatoms. The third kappa shape index (κ3) is 1.38. The molecule has 2 aromatic rings. The van der Waals surface area contributed by atoms with E-state index < -0.39 is 5.97 Å². The van der Waals surface area contributed by atoms with E-state index in [1.165, 1.54) is 11.3 Å².